The summed E-state index contributed by atoms with van der Waals surface area (Å²) >= 11 is 0. The first-order chi connectivity index (χ1) is 11.3. The zero-order valence-corrected chi connectivity index (χ0v) is 14.8. The molecule has 0 spiro atoms. The molecule has 2 N–H and O–H groups in total. The van der Waals surface area contributed by atoms with Crippen LogP contribution in [0.5, 0.6) is 5.75 Å². The number of morpholine rings is 1. The zero-order chi connectivity index (χ0) is 17.7. The van der Waals surface area contributed by atoms with E-state index in [1.54, 1.807) is 13.8 Å². The highest BCUT2D eigenvalue weighted by molar-refractivity contribution is 5.85. The maximum atomic E-state index is 13.2. The maximum Gasteiger partial charge on any atom is 0.416 e. The van der Waals surface area contributed by atoms with Crippen LogP contribution in [0.1, 0.15) is 25.0 Å². The van der Waals surface area contributed by atoms with Crippen molar-refractivity contribution in [1.82, 2.24) is 10.6 Å². The fourth-order valence-electron chi connectivity index (χ4n) is 2.35. The van der Waals surface area contributed by atoms with E-state index >= 15 is 0 Å². The third-order valence-corrected chi connectivity index (χ3v) is 3.43. The molecule has 1 atom stereocenters. The predicted molar refractivity (Wildman–Crippen MR) is 88.9 cm³/mol. The van der Waals surface area contributed by atoms with E-state index in [2.05, 4.69) is 10.6 Å². The molecule has 1 amide bonds. The Bertz CT molecular complexity index is 576. The Balaban J connectivity index is 0.00000312. The van der Waals surface area contributed by atoms with Gasteiger partial charge < -0.3 is 20.1 Å². The van der Waals surface area contributed by atoms with E-state index in [0.717, 1.165) is 6.07 Å². The maximum absolute atomic E-state index is 13.2. The van der Waals surface area contributed by atoms with Gasteiger partial charge in [0.1, 0.15) is 11.9 Å². The second-order valence-electron chi connectivity index (χ2n) is 5.76. The summed E-state index contributed by atoms with van der Waals surface area (Å²) in [5.74, 6) is -0.287. The Morgan fingerprint density at radius 3 is 2.72 bits per heavy atom. The molecule has 2 rings (SSSR count). The molecule has 1 aromatic carbocycles. The van der Waals surface area contributed by atoms with Gasteiger partial charge in [0.2, 0.25) is 0 Å². The highest BCUT2D eigenvalue weighted by atomic mass is 35.5. The van der Waals surface area contributed by atoms with Crippen LogP contribution in [-0.2, 0) is 22.3 Å². The lowest BCUT2D eigenvalue weighted by Gasteiger charge is -2.23. The molecule has 0 saturated carbocycles. The summed E-state index contributed by atoms with van der Waals surface area (Å²) in [5, 5.41) is 5.49. The molecule has 0 radical (unpaired) electrons. The Labute approximate surface area is 150 Å². The predicted octanol–water partition coefficient (Wildman–Crippen LogP) is 2.52. The van der Waals surface area contributed by atoms with Crippen LogP contribution in [0.3, 0.4) is 0 Å². The monoisotopic (exact) mass is 382 g/mol. The van der Waals surface area contributed by atoms with E-state index in [1.807, 2.05) is 0 Å². The van der Waals surface area contributed by atoms with Crippen molar-refractivity contribution in [3.63, 3.8) is 0 Å². The number of rotatable bonds is 5. The van der Waals surface area contributed by atoms with Crippen molar-refractivity contribution in [3.8, 4) is 5.75 Å². The lowest BCUT2D eigenvalue weighted by atomic mass is 10.1. The first kappa shape index (κ1) is 21.5. The van der Waals surface area contributed by atoms with Gasteiger partial charge in [-0.3, -0.25) is 4.79 Å². The van der Waals surface area contributed by atoms with Crippen molar-refractivity contribution in [2.24, 2.45) is 0 Å². The first-order valence-corrected chi connectivity index (χ1v) is 7.74. The lowest BCUT2D eigenvalue weighted by Crippen LogP contribution is -2.47. The Morgan fingerprint density at radius 1 is 1.44 bits per heavy atom. The van der Waals surface area contributed by atoms with Crippen molar-refractivity contribution in [3.05, 3.63) is 29.3 Å². The Kier molecular flexibility index (Phi) is 7.98. The van der Waals surface area contributed by atoms with Gasteiger partial charge in [-0.25, -0.2) is 0 Å². The molecule has 0 aliphatic carbocycles. The summed E-state index contributed by atoms with van der Waals surface area (Å²) in [6.45, 7) is 4.64. The van der Waals surface area contributed by atoms with E-state index in [9.17, 15) is 18.0 Å². The van der Waals surface area contributed by atoms with Crippen molar-refractivity contribution < 1.29 is 27.4 Å². The quantitative estimate of drug-likeness (QED) is 0.821. The van der Waals surface area contributed by atoms with E-state index in [1.165, 1.54) is 12.1 Å². The third kappa shape index (κ3) is 6.37. The summed E-state index contributed by atoms with van der Waals surface area (Å²) in [6, 6.07) is 3.75. The molecule has 1 aromatic rings. The van der Waals surface area contributed by atoms with E-state index in [0.29, 0.717) is 19.7 Å². The molecule has 142 valence electrons. The number of nitrogens with one attached hydrogen (secondary N) is 2. The van der Waals surface area contributed by atoms with Gasteiger partial charge in [-0.15, -0.1) is 12.4 Å². The topological polar surface area (TPSA) is 59.6 Å². The van der Waals surface area contributed by atoms with Crippen LogP contribution in [0.4, 0.5) is 13.2 Å². The zero-order valence-electron chi connectivity index (χ0n) is 14.0. The molecule has 1 fully saturated rings. The van der Waals surface area contributed by atoms with E-state index in [-0.39, 0.29) is 36.4 Å². The second-order valence-corrected chi connectivity index (χ2v) is 5.76. The molecule has 25 heavy (non-hydrogen) atoms. The van der Waals surface area contributed by atoms with Crippen LogP contribution in [0.15, 0.2) is 18.2 Å². The molecule has 1 aliphatic rings. The number of hydrogen-bond acceptors (Lipinski definition) is 4. The Morgan fingerprint density at radius 2 is 2.16 bits per heavy atom. The molecule has 5 nitrogen and oxygen atoms in total. The number of benzene rings is 1. The van der Waals surface area contributed by atoms with Gasteiger partial charge in [-0.05, 0) is 31.5 Å². The van der Waals surface area contributed by atoms with Crippen LogP contribution >= 0.6 is 12.4 Å². The molecule has 1 unspecified atom stereocenters. The number of hydrogen-bond donors (Lipinski definition) is 2. The minimum Gasteiger partial charge on any atom is -0.491 e. The van der Waals surface area contributed by atoms with Gasteiger partial charge in [0.25, 0.3) is 5.91 Å². The molecule has 9 heteroatoms. The van der Waals surface area contributed by atoms with Gasteiger partial charge in [0, 0.05) is 19.6 Å². The number of carbonyl (C=O) groups excluding carboxylic acids is 1. The van der Waals surface area contributed by atoms with Crippen LogP contribution in [0.2, 0.25) is 0 Å². The van der Waals surface area contributed by atoms with Crippen molar-refractivity contribution in [1.29, 1.82) is 0 Å². The molecular weight excluding hydrogens is 361 g/mol. The minimum atomic E-state index is -4.53. The largest absolute Gasteiger partial charge is 0.491 e. The fraction of sp³-hybridized carbons (Fsp3) is 0.562. The third-order valence-electron chi connectivity index (χ3n) is 3.43. The highest BCUT2D eigenvalue weighted by Crippen LogP contribution is 2.34. The summed E-state index contributed by atoms with van der Waals surface area (Å²) in [5.41, 5.74) is -0.834. The summed E-state index contributed by atoms with van der Waals surface area (Å²) in [6.07, 6.45) is -5.44. The van der Waals surface area contributed by atoms with Crippen LogP contribution in [-0.4, -0.2) is 37.8 Å². The van der Waals surface area contributed by atoms with Gasteiger partial charge in [-0.1, -0.05) is 6.07 Å². The van der Waals surface area contributed by atoms with Crippen LogP contribution in [0.25, 0.3) is 0 Å². The van der Waals surface area contributed by atoms with Crippen LogP contribution < -0.4 is 15.4 Å². The van der Waals surface area contributed by atoms with E-state index in [4.69, 9.17) is 9.47 Å². The lowest BCUT2D eigenvalue weighted by molar-refractivity contribution is -0.139. The summed E-state index contributed by atoms with van der Waals surface area (Å²) in [7, 11) is 0. The highest BCUT2D eigenvalue weighted by Gasteiger charge is 2.34. The van der Waals surface area contributed by atoms with Gasteiger partial charge >= 0.3 is 6.18 Å². The average molecular weight is 383 g/mol. The minimum absolute atomic E-state index is 0. The second kappa shape index (κ2) is 9.26. The van der Waals surface area contributed by atoms with Crippen molar-refractivity contribution >= 4 is 18.3 Å². The standard InChI is InChI=1S/C16H21F3N2O3.ClH/c1-10(2)24-12-4-3-11(13(7-12)16(17,18)19)8-21-15(22)14-9-20-5-6-23-14;/h3-4,7,10,14,20H,5-6,8-9H2,1-2H3,(H,21,22);1H. The van der Waals surface area contributed by atoms with E-state index < -0.39 is 23.8 Å². The summed E-state index contributed by atoms with van der Waals surface area (Å²) < 4.78 is 50.3. The summed E-state index contributed by atoms with van der Waals surface area (Å²) in [4.78, 5) is 12.0. The van der Waals surface area contributed by atoms with Crippen molar-refractivity contribution in [2.45, 2.75) is 38.8 Å². The number of amides is 1. The molecular formula is C16H22ClF3N2O3. The number of halogens is 4. The molecule has 1 heterocycles. The fourth-order valence-corrected chi connectivity index (χ4v) is 2.35. The molecule has 1 aliphatic heterocycles. The average Bonchev–Trinajstić information content (AvgIpc) is 2.52. The van der Waals surface area contributed by atoms with Crippen LogP contribution in [0, 0.1) is 0 Å². The number of alkyl halides is 3. The van der Waals surface area contributed by atoms with Gasteiger partial charge in [-0.2, -0.15) is 13.2 Å². The SMILES string of the molecule is CC(C)Oc1ccc(CNC(=O)C2CNCCO2)c(C(F)(F)F)c1.Cl. The van der Waals surface area contributed by atoms with Gasteiger partial charge in [0.05, 0.1) is 18.3 Å². The Hall–Kier alpha value is -1.51. The molecule has 0 bridgehead atoms. The molecule has 0 aromatic heterocycles. The van der Waals surface area contributed by atoms with Crippen molar-refractivity contribution in [2.75, 3.05) is 19.7 Å². The van der Waals surface area contributed by atoms with Gasteiger partial charge in [0.15, 0.2) is 0 Å². The normalized spacial score (nSPS) is 17.8. The molecule has 1 saturated heterocycles. The number of ether oxygens (including phenoxy) is 2. The number of carbonyl (C=O) groups is 1. The first-order valence-electron chi connectivity index (χ1n) is 7.74. The smallest absolute Gasteiger partial charge is 0.416 e.